The number of benzene rings is 2. The number of anilines is 2. The number of amides is 4. The van der Waals surface area contributed by atoms with E-state index in [1.54, 1.807) is 35.1 Å². The van der Waals surface area contributed by atoms with E-state index in [2.05, 4.69) is 20.3 Å². The van der Waals surface area contributed by atoms with Crippen molar-refractivity contribution < 1.29 is 27.5 Å². The largest absolute Gasteiger partial charge is 0.457 e. The second kappa shape index (κ2) is 14.2. The third kappa shape index (κ3) is 8.05. The van der Waals surface area contributed by atoms with Crippen LogP contribution in [0.2, 0.25) is 0 Å². The van der Waals surface area contributed by atoms with Gasteiger partial charge < -0.3 is 20.3 Å². The van der Waals surface area contributed by atoms with Gasteiger partial charge in [0.15, 0.2) is 0 Å². The van der Waals surface area contributed by atoms with Crippen LogP contribution in [-0.4, -0.2) is 68.1 Å². The monoisotopic (exact) mass is 658 g/mol. The van der Waals surface area contributed by atoms with Crippen molar-refractivity contribution in [3.05, 3.63) is 95.3 Å². The van der Waals surface area contributed by atoms with Crippen LogP contribution in [-0.2, 0) is 19.6 Å². The number of nitrogens with one attached hydrogen (secondary N) is 3. The van der Waals surface area contributed by atoms with Gasteiger partial charge in [0.1, 0.15) is 11.5 Å². The first-order valence-electron chi connectivity index (χ1n) is 15.2. The van der Waals surface area contributed by atoms with Gasteiger partial charge in [-0.05, 0) is 75.6 Å². The van der Waals surface area contributed by atoms with E-state index in [-0.39, 0.29) is 24.4 Å². The number of piperidine rings is 1. The van der Waals surface area contributed by atoms with E-state index >= 15 is 0 Å². The van der Waals surface area contributed by atoms with Gasteiger partial charge >= 0.3 is 6.03 Å². The van der Waals surface area contributed by atoms with Gasteiger partial charge in [0.05, 0.1) is 23.3 Å². The number of ether oxygens (including phenoxy) is 1. The number of aryl methyl sites for hydroxylation is 2. The minimum Gasteiger partial charge on any atom is -0.457 e. The molecular weight excluding hydrogens is 620 g/mol. The number of fused-ring (bicyclic) bond motifs is 1. The number of pyridine rings is 1. The Hall–Kier alpha value is -5.01. The normalized spacial score (nSPS) is 17.6. The van der Waals surface area contributed by atoms with Crippen LogP contribution >= 0.6 is 0 Å². The van der Waals surface area contributed by atoms with Crippen molar-refractivity contribution in [2.45, 2.75) is 39.7 Å². The summed E-state index contributed by atoms with van der Waals surface area (Å²) >= 11 is 0. The fourth-order valence-corrected chi connectivity index (χ4v) is 6.04. The van der Waals surface area contributed by atoms with E-state index in [0.717, 1.165) is 11.8 Å². The van der Waals surface area contributed by atoms with Crippen LogP contribution in [0.3, 0.4) is 0 Å². The number of aromatic nitrogens is 1. The zero-order chi connectivity index (χ0) is 33.7. The summed E-state index contributed by atoms with van der Waals surface area (Å²) in [5, 5.41) is 5.97. The highest BCUT2D eigenvalue weighted by molar-refractivity contribution is 7.88. The van der Waals surface area contributed by atoms with Crippen molar-refractivity contribution in [2.75, 3.05) is 30.8 Å². The third-order valence-corrected chi connectivity index (χ3v) is 8.63. The maximum absolute atomic E-state index is 13.7. The number of likely N-dealkylation sites (tertiary alicyclic amines) is 1. The fraction of sp³-hybridized carbons (Fsp3) is 0.294. The molecule has 2 aromatic carbocycles. The molecule has 0 radical (unpaired) electrons. The number of nitrogens with zero attached hydrogens (tertiary/aromatic N) is 3. The molecule has 1 aromatic heterocycles. The summed E-state index contributed by atoms with van der Waals surface area (Å²) in [6, 6.07) is 16.0. The standard InChI is InChI=1S/C34H38N6O6S/c1-22-20-27(46-26-11-6-5-7-12-26)14-15-28(22)40-29-16-18-35-24(3)31(29)32(38-34(40)43)23(2)33(42)37-25-10-9-19-39(21-25)30(41)13-8-17-36-47(4,44)45/h5-8,11-16,18,20,25,36H,9-10,17,19,21H2,1-4H3,(H,37,42)(H,38,43)/b13-8+,32-23-/t25-/m1/s1. The lowest BCUT2D eigenvalue weighted by molar-refractivity contribution is -0.128. The zero-order valence-corrected chi connectivity index (χ0v) is 27.6. The molecule has 3 N–H and O–H groups in total. The van der Waals surface area contributed by atoms with Crippen LogP contribution in [0.25, 0.3) is 5.70 Å². The molecule has 47 heavy (non-hydrogen) atoms. The molecule has 5 rings (SSSR count). The topological polar surface area (TPSA) is 150 Å². The number of sulfonamides is 1. The Morgan fingerprint density at radius 1 is 1.09 bits per heavy atom. The van der Waals surface area contributed by atoms with Crippen LogP contribution in [0.5, 0.6) is 11.5 Å². The number of urea groups is 1. The summed E-state index contributed by atoms with van der Waals surface area (Å²) in [6.07, 6.45) is 6.83. The summed E-state index contributed by atoms with van der Waals surface area (Å²) in [5.41, 5.74) is 4.03. The number of para-hydroxylation sites is 1. The minimum absolute atomic E-state index is 0.0117. The van der Waals surface area contributed by atoms with Gasteiger partial charge in [0.2, 0.25) is 21.8 Å². The van der Waals surface area contributed by atoms with E-state index in [4.69, 9.17) is 4.74 Å². The molecule has 246 valence electrons. The van der Waals surface area contributed by atoms with Gasteiger partial charge in [-0.2, -0.15) is 0 Å². The lowest BCUT2D eigenvalue weighted by Gasteiger charge is -2.34. The van der Waals surface area contributed by atoms with Gasteiger partial charge in [0.25, 0.3) is 0 Å². The van der Waals surface area contributed by atoms with E-state index < -0.39 is 16.1 Å². The van der Waals surface area contributed by atoms with Crippen LogP contribution in [0, 0.1) is 13.8 Å². The van der Waals surface area contributed by atoms with Crippen molar-refractivity contribution >= 4 is 44.9 Å². The Bertz CT molecular complexity index is 1860. The second-order valence-electron chi connectivity index (χ2n) is 11.5. The SMILES string of the molecule is C/C(C(=O)N[C@@H]1CCCN(C(=O)/C=C/CNS(C)(=O)=O)C1)=C1/NC(=O)N(c2ccc(Oc3ccccc3)cc2C)c2ccnc(C)c21. The predicted octanol–water partition coefficient (Wildman–Crippen LogP) is 4.30. The highest BCUT2D eigenvalue weighted by atomic mass is 32.2. The molecule has 12 nitrogen and oxygen atoms in total. The van der Waals surface area contributed by atoms with E-state index in [9.17, 15) is 22.8 Å². The molecule has 0 aliphatic carbocycles. The van der Waals surface area contributed by atoms with E-state index in [1.807, 2.05) is 56.3 Å². The molecule has 1 atom stereocenters. The first-order chi connectivity index (χ1) is 22.4. The van der Waals surface area contributed by atoms with Crippen LogP contribution in [0.15, 0.2) is 78.5 Å². The summed E-state index contributed by atoms with van der Waals surface area (Å²) in [7, 11) is -3.36. The minimum atomic E-state index is -3.36. The molecule has 4 amide bonds. The van der Waals surface area contributed by atoms with Gasteiger partial charge in [-0.3, -0.25) is 19.5 Å². The molecule has 3 heterocycles. The summed E-state index contributed by atoms with van der Waals surface area (Å²) in [5.74, 6) is 0.708. The number of rotatable bonds is 9. The van der Waals surface area contributed by atoms with Crippen LogP contribution in [0.1, 0.15) is 36.6 Å². The molecule has 0 spiro atoms. The Morgan fingerprint density at radius 3 is 2.57 bits per heavy atom. The Balaban J connectivity index is 1.34. The average molecular weight is 659 g/mol. The Labute approximate surface area is 274 Å². The van der Waals surface area contributed by atoms with Gasteiger partial charge in [-0.1, -0.05) is 24.3 Å². The van der Waals surface area contributed by atoms with E-state index in [0.29, 0.717) is 71.3 Å². The molecule has 0 bridgehead atoms. The quantitative estimate of drug-likeness (QED) is 0.290. The number of hydrogen-bond acceptors (Lipinski definition) is 7. The average Bonchev–Trinajstić information content (AvgIpc) is 3.03. The van der Waals surface area contributed by atoms with Gasteiger partial charge in [0, 0.05) is 54.8 Å². The molecule has 3 aromatic rings. The highest BCUT2D eigenvalue weighted by Crippen LogP contribution is 2.40. The lowest BCUT2D eigenvalue weighted by Crippen LogP contribution is -2.50. The summed E-state index contributed by atoms with van der Waals surface area (Å²) in [4.78, 5) is 47.6. The smallest absolute Gasteiger partial charge is 0.331 e. The molecule has 0 unspecified atom stereocenters. The molecule has 2 aliphatic heterocycles. The van der Waals surface area contributed by atoms with Gasteiger partial charge in [-0.15, -0.1) is 0 Å². The predicted molar refractivity (Wildman–Crippen MR) is 180 cm³/mol. The highest BCUT2D eigenvalue weighted by Gasteiger charge is 2.33. The number of hydrogen-bond donors (Lipinski definition) is 3. The Morgan fingerprint density at radius 2 is 1.85 bits per heavy atom. The molecule has 0 saturated carbocycles. The van der Waals surface area contributed by atoms with Crippen molar-refractivity contribution in [1.82, 2.24) is 25.2 Å². The van der Waals surface area contributed by atoms with Gasteiger partial charge in [-0.25, -0.2) is 17.9 Å². The molecule has 2 aliphatic rings. The zero-order valence-electron chi connectivity index (χ0n) is 26.7. The Kier molecular flexibility index (Phi) is 10.1. The molecule has 13 heteroatoms. The maximum atomic E-state index is 13.7. The molecular formula is C34H38N6O6S. The van der Waals surface area contributed by atoms with Crippen molar-refractivity contribution in [2.24, 2.45) is 0 Å². The first-order valence-corrected chi connectivity index (χ1v) is 17.1. The number of carbonyl (C=O) groups excluding carboxylic acids is 3. The second-order valence-corrected chi connectivity index (χ2v) is 13.4. The summed E-state index contributed by atoms with van der Waals surface area (Å²) in [6.45, 7) is 6.22. The lowest BCUT2D eigenvalue weighted by atomic mass is 9.99. The van der Waals surface area contributed by atoms with Crippen molar-refractivity contribution in [3.8, 4) is 11.5 Å². The number of carbonyl (C=O) groups is 3. The van der Waals surface area contributed by atoms with E-state index in [1.165, 1.54) is 12.2 Å². The first kappa shape index (κ1) is 33.4. The maximum Gasteiger partial charge on any atom is 0.331 e. The van der Waals surface area contributed by atoms with Crippen LogP contribution in [0.4, 0.5) is 16.2 Å². The van der Waals surface area contributed by atoms with Crippen molar-refractivity contribution in [3.63, 3.8) is 0 Å². The fourth-order valence-electron chi connectivity index (χ4n) is 5.64. The third-order valence-electron chi connectivity index (χ3n) is 7.94. The van der Waals surface area contributed by atoms with Crippen LogP contribution < -0.4 is 25.0 Å². The van der Waals surface area contributed by atoms with Crippen molar-refractivity contribution in [1.29, 1.82) is 0 Å². The molecule has 1 fully saturated rings. The molecule has 1 saturated heterocycles. The summed E-state index contributed by atoms with van der Waals surface area (Å²) < 4.78 is 30.8.